The van der Waals surface area contributed by atoms with Crippen LogP contribution >= 0.6 is 0 Å². The van der Waals surface area contributed by atoms with Crippen LogP contribution in [0, 0.1) is 5.92 Å². The highest BCUT2D eigenvalue weighted by molar-refractivity contribution is 5.93. The van der Waals surface area contributed by atoms with E-state index in [4.69, 9.17) is 5.73 Å². The number of rotatable bonds is 8. The van der Waals surface area contributed by atoms with Crippen LogP contribution in [-0.4, -0.2) is 58.6 Å². The van der Waals surface area contributed by atoms with Crippen molar-refractivity contribution in [2.75, 3.05) is 6.54 Å². The minimum atomic E-state index is -1.04. The van der Waals surface area contributed by atoms with Gasteiger partial charge in [0.25, 0.3) is 0 Å². The Morgan fingerprint density at radius 2 is 1.83 bits per heavy atom. The first kappa shape index (κ1) is 22.8. The molecule has 1 unspecified atom stereocenters. The number of likely N-dealkylation sites (tertiary alicyclic amines) is 1. The summed E-state index contributed by atoms with van der Waals surface area (Å²) in [4.78, 5) is 39.3. The fourth-order valence-corrected chi connectivity index (χ4v) is 3.43. The Kier molecular flexibility index (Phi) is 8.16. The smallest absolute Gasteiger partial charge is 0.246 e. The second kappa shape index (κ2) is 10.4. The molecule has 3 amide bonds. The molecule has 29 heavy (non-hydrogen) atoms. The number of hydrogen-bond acceptors (Lipinski definition) is 5. The molecule has 4 atom stereocenters. The summed E-state index contributed by atoms with van der Waals surface area (Å²) in [5.74, 6) is -1.25. The van der Waals surface area contributed by atoms with Gasteiger partial charge in [0.2, 0.25) is 17.7 Å². The lowest BCUT2D eigenvalue weighted by Gasteiger charge is -2.31. The molecule has 1 saturated heterocycles. The van der Waals surface area contributed by atoms with Crippen molar-refractivity contribution >= 4 is 17.7 Å². The zero-order chi connectivity index (χ0) is 21.6. The van der Waals surface area contributed by atoms with Crippen molar-refractivity contribution in [3.63, 3.8) is 0 Å². The predicted molar refractivity (Wildman–Crippen MR) is 109 cm³/mol. The van der Waals surface area contributed by atoms with E-state index in [2.05, 4.69) is 10.6 Å². The van der Waals surface area contributed by atoms with E-state index < -0.39 is 30.3 Å². The largest absolute Gasteiger partial charge is 0.373 e. The zero-order valence-electron chi connectivity index (χ0n) is 17.3. The van der Waals surface area contributed by atoms with Crippen LogP contribution in [0.3, 0.4) is 0 Å². The maximum atomic E-state index is 13.1. The highest BCUT2D eigenvalue weighted by Gasteiger charge is 2.39. The number of aliphatic hydroxyl groups is 1. The van der Waals surface area contributed by atoms with Crippen LogP contribution in [0.2, 0.25) is 0 Å². The van der Waals surface area contributed by atoms with Crippen molar-refractivity contribution in [2.45, 2.75) is 64.4 Å². The average molecular weight is 405 g/mol. The Morgan fingerprint density at radius 3 is 2.41 bits per heavy atom. The molecular weight excluding hydrogens is 372 g/mol. The van der Waals surface area contributed by atoms with Gasteiger partial charge in [-0.05, 0) is 31.2 Å². The molecule has 2 rings (SSSR count). The van der Waals surface area contributed by atoms with Crippen molar-refractivity contribution in [3.8, 4) is 0 Å². The van der Waals surface area contributed by atoms with Gasteiger partial charge < -0.3 is 26.4 Å². The molecule has 0 aliphatic carbocycles. The van der Waals surface area contributed by atoms with Gasteiger partial charge in [-0.1, -0.05) is 44.2 Å². The summed E-state index contributed by atoms with van der Waals surface area (Å²) >= 11 is 0. The first-order valence-electron chi connectivity index (χ1n) is 10.1. The van der Waals surface area contributed by atoms with E-state index in [0.29, 0.717) is 19.4 Å². The first-order valence-corrected chi connectivity index (χ1v) is 10.1. The zero-order valence-corrected chi connectivity index (χ0v) is 17.3. The fraction of sp³-hybridized carbons (Fsp3) is 0.571. The minimum absolute atomic E-state index is 0.154. The molecular formula is C21H32N4O4. The Morgan fingerprint density at radius 1 is 1.17 bits per heavy atom. The minimum Gasteiger partial charge on any atom is -0.373 e. The van der Waals surface area contributed by atoms with Crippen molar-refractivity contribution in [1.82, 2.24) is 15.5 Å². The maximum absolute atomic E-state index is 13.1. The number of aliphatic hydroxyl groups excluding tert-OH is 1. The van der Waals surface area contributed by atoms with Crippen LogP contribution < -0.4 is 16.4 Å². The molecule has 0 radical (unpaired) electrons. The molecule has 5 N–H and O–H groups in total. The Hall–Kier alpha value is -2.45. The molecule has 1 aromatic rings. The highest BCUT2D eigenvalue weighted by atomic mass is 16.3. The molecule has 8 nitrogen and oxygen atoms in total. The summed E-state index contributed by atoms with van der Waals surface area (Å²) in [5, 5.41) is 15.5. The van der Waals surface area contributed by atoms with Crippen molar-refractivity contribution in [3.05, 3.63) is 35.9 Å². The number of hydrogen-bond donors (Lipinski definition) is 4. The van der Waals surface area contributed by atoms with Crippen molar-refractivity contribution in [2.24, 2.45) is 11.7 Å². The molecule has 0 saturated carbocycles. The molecule has 8 heteroatoms. The van der Waals surface area contributed by atoms with Crippen LogP contribution in [-0.2, 0) is 20.8 Å². The average Bonchev–Trinajstić information content (AvgIpc) is 3.15. The van der Waals surface area contributed by atoms with E-state index in [1.54, 1.807) is 6.92 Å². The first-order chi connectivity index (χ1) is 13.7. The lowest BCUT2D eigenvalue weighted by atomic mass is 10.0. The lowest BCUT2D eigenvalue weighted by Crippen LogP contribution is -2.57. The van der Waals surface area contributed by atoms with E-state index >= 15 is 0 Å². The number of carbonyl (C=O) groups is 3. The molecule has 1 aromatic carbocycles. The number of nitrogens with zero attached hydrogens (tertiary/aromatic N) is 1. The standard InChI is InChI=1S/C21H32N4O4/c1-13(2)18(24-19(27)14(3)22)21(29)25-11-7-10-16(25)20(28)23-17(26)12-15-8-5-4-6-9-15/h4-6,8-9,13-14,16-18,26H,7,10-12,22H2,1-3H3,(H,23,28)(H,24,27)/t14-,16?,17+,18-/m0/s1. The lowest BCUT2D eigenvalue weighted by molar-refractivity contribution is -0.143. The Labute approximate surface area is 171 Å². The second-order valence-corrected chi connectivity index (χ2v) is 7.92. The summed E-state index contributed by atoms with van der Waals surface area (Å²) in [6.45, 7) is 5.65. The van der Waals surface area contributed by atoms with Crippen LogP contribution in [0.5, 0.6) is 0 Å². The van der Waals surface area contributed by atoms with Gasteiger partial charge in [-0.3, -0.25) is 14.4 Å². The third kappa shape index (κ3) is 6.27. The van der Waals surface area contributed by atoms with Gasteiger partial charge in [-0.25, -0.2) is 0 Å². The Balaban J connectivity index is 2.02. The fourth-order valence-electron chi connectivity index (χ4n) is 3.43. The van der Waals surface area contributed by atoms with E-state index in [0.717, 1.165) is 5.56 Å². The SMILES string of the molecule is CC(C)[C@H](NC(=O)[C@H](C)N)C(=O)N1CCCC1C(=O)N[C@H](O)Cc1ccccc1. The number of benzene rings is 1. The molecule has 0 spiro atoms. The van der Waals surface area contributed by atoms with Crippen molar-refractivity contribution in [1.29, 1.82) is 0 Å². The number of carbonyl (C=O) groups excluding carboxylic acids is 3. The van der Waals surface area contributed by atoms with Gasteiger partial charge in [0.15, 0.2) is 0 Å². The highest BCUT2D eigenvalue weighted by Crippen LogP contribution is 2.20. The van der Waals surface area contributed by atoms with Gasteiger partial charge in [0.05, 0.1) is 6.04 Å². The van der Waals surface area contributed by atoms with E-state index in [1.807, 2.05) is 44.2 Å². The van der Waals surface area contributed by atoms with Gasteiger partial charge in [-0.2, -0.15) is 0 Å². The maximum Gasteiger partial charge on any atom is 0.246 e. The van der Waals surface area contributed by atoms with Gasteiger partial charge >= 0.3 is 0 Å². The number of nitrogens with two attached hydrogens (primary N) is 1. The third-order valence-electron chi connectivity index (χ3n) is 5.06. The second-order valence-electron chi connectivity index (χ2n) is 7.92. The topological polar surface area (TPSA) is 125 Å². The summed E-state index contributed by atoms with van der Waals surface area (Å²) in [5.41, 5.74) is 6.50. The molecule has 1 fully saturated rings. The third-order valence-corrected chi connectivity index (χ3v) is 5.06. The van der Waals surface area contributed by atoms with Crippen LogP contribution in [0.1, 0.15) is 39.2 Å². The van der Waals surface area contributed by atoms with Crippen LogP contribution in [0.15, 0.2) is 30.3 Å². The van der Waals surface area contributed by atoms with E-state index in [9.17, 15) is 19.5 Å². The summed E-state index contributed by atoms with van der Waals surface area (Å²) in [6, 6.07) is 7.20. The van der Waals surface area contributed by atoms with Gasteiger partial charge in [0.1, 0.15) is 18.3 Å². The summed E-state index contributed by atoms with van der Waals surface area (Å²) in [7, 11) is 0. The van der Waals surface area contributed by atoms with Crippen molar-refractivity contribution < 1.29 is 19.5 Å². The van der Waals surface area contributed by atoms with Gasteiger partial charge in [-0.15, -0.1) is 0 Å². The normalized spacial score (nSPS) is 19.5. The number of nitrogens with one attached hydrogen (secondary N) is 2. The Bertz CT molecular complexity index is 708. The molecule has 0 bridgehead atoms. The van der Waals surface area contributed by atoms with E-state index in [1.165, 1.54) is 4.90 Å². The molecule has 0 aromatic heterocycles. The van der Waals surface area contributed by atoms with Crippen LogP contribution in [0.25, 0.3) is 0 Å². The van der Waals surface area contributed by atoms with Crippen LogP contribution in [0.4, 0.5) is 0 Å². The quantitative estimate of drug-likeness (QED) is 0.459. The summed E-state index contributed by atoms with van der Waals surface area (Å²) in [6.07, 6.45) is 0.444. The molecule has 1 heterocycles. The van der Waals surface area contributed by atoms with Gasteiger partial charge in [0, 0.05) is 13.0 Å². The molecule has 160 valence electrons. The monoisotopic (exact) mass is 404 g/mol. The predicted octanol–water partition coefficient (Wildman–Crippen LogP) is 0.143. The number of amides is 3. The molecule has 1 aliphatic rings. The molecule has 1 aliphatic heterocycles. The summed E-state index contributed by atoms with van der Waals surface area (Å²) < 4.78 is 0. The van der Waals surface area contributed by atoms with E-state index in [-0.39, 0.29) is 24.2 Å².